The molecule has 1 aliphatic heterocycles. The number of fused-ring (bicyclic) bond motifs is 1. The fourth-order valence-electron chi connectivity index (χ4n) is 2.80. The number of ether oxygens (including phenoxy) is 2. The summed E-state index contributed by atoms with van der Waals surface area (Å²) in [6.45, 7) is 1.07. The maximum atomic E-state index is 12.3. The van der Waals surface area contributed by atoms with Crippen molar-refractivity contribution in [3.8, 4) is 22.8 Å². The highest BCUT2D eigenvalue weighted by Gasteiger charge is 2.16. The molecule has 2 heterocycles. The van der Waals surface area contributed by atoms with Crippen molar-refractivity contribution in [2.75, 3.05) is 24.8 Å². The van der Waals surface area contributed by atoms with Crippen molar-refractivity contribution in [1.29, 1.82) is 0 Å². The Morgan fingerprint density at radius 1 is 1.11 bits per heavy atom. The van der Waals surface area contributed by atoms with Crippen molar-refractivity contribution in [2.45, 2.75) is 11.3 Å². The first-order chi connectivity index (χ1) is 13.2. The molecule has 0 saturated carbocycles. The van der Waals surface area contributed by atoms with Gasteiger partial charge < -0.3 is 19.3 Å². The van der Waals surface area contributed by atoms with E-state index in [1.54, 1.807) is 17.8 Å². The number of aromatic nitrogens is 1. The van der Waals surface area contributed by atoms with E-state index in [0.29, 0.717) is 30.4 Å². The largest absolute Gasteiger partial charge is 0.486 e. The van der Waals surface area contributed by atoms with Gasteiger partial charge in [-0.05, 0) is 42.7 Å². The second kappa shape index (κ2) is 7.75. The highest BCUT2D eigenvalue weighted by atomic mass is 32.2. The van der Waals surface area contributed by atoms with Gasteiger partial charge in [-0.15, -0.1) is 11.8 Å². The SMILES string of the molecule is CSc1cccc(NC(=O)Cc2cc(-c3ccc4c(c3)OCCO4)on2)c1. The van der Waals surface area contributed by atoms with Crippen molar-refractivity contribution >= 4 is 23.4 Å². The smallest absolute Gasteiger partial charge is 0.230 e. The molecule has 1 aromatic heterocycles. The molecule has 2 aromatic carbocycles. The van der Waals surface area contributed by atoms with E-state index in [9.17, 15) is 4.79 Å². The van der Waals surface area contributed by atoms with Gasteiger partial charge in [0.15, 0.2) is 17.3 Å². The van der Waals surface area contributed by atoms with Gasteiger partial charge in [0, 0.05) is 22.2 Å². The Bertz CT molecular complexity index is 970. The standard InChI is InChI=1S/C20H18N2O4S/c1-27-16-4-2-3-14(10-16)21-20(23)12-15-11-18(26-22-15)13-5-6-17-19(9-13)25-8-7-24-17/h2-6,9-11H,7-8,12H2,1H3,(H,21,23). The molecule has 0 fully saturated rings. The van der Waals surface area contributed by atoms with Gasteiger partial charge in [0.1, 0.15) is 13.2 Å². The van der Waals surface area contributed by atoms with Crippen molar-refractivity contribution in [3.05, 3.63) is 54.2 Å². The second-order valence-electron chi connectivity index (χ2n) is 6.00. The number of carbonyl (C=O) groups is 1. The van der Waals surface area contributed by atoms with Crippen molar-refractivity contribution in [1.82, 2.24) is 5.16 Å². The van der Waals surface area contributed by atoms with Crippen LogP contribution in [0.25, 0.3) is 11.3 Å². The number of nitrogens with one attached hydrogen (secondary N) is 1. The summed E-state index contributed by atoms with van der Waals surface area (Å²) in [4.78, 5) is 13.4. The number of benzene rings is 2. The van der Waals surface area contributed by atoms with Crippen LogP contribution in [0.4, 0.5) is 5.69 Å². The third-order valence-electron chi connectivity index (χ3n) is 4.08. The van der Waals surface area contributed by atoms with Gasteiger partial charge in [0.2, 0.25) is 5.91 Å². The summed E-state index contributed by atoms with van der Waals surface area (Å²) in [6.07, 6.45) is 2.13. The predicted molar refractivity (Wildman–Crippen MR) is 103 cm³/mol. The van der Waals surface area contributed by atoms with Crippen molar-refractivity contribution < 1.29 is 18.8 Å². The molecular weight excluding hydrogens is 364 g/mol. The molecule has 138 valence electrons. The summed E-state index contributed by atoms with van der Waals surface area (Å²) in [6, 6.07) is 15.1. The Labute approximate surface area is 160 Å². The first-order valence-corrected chi connectivity index (χ1v) is 9.73. The van der Waals surface area contributed by atoms with Crippen LogP contribution in [0.2, 0.25) is 0 Å². The number of carbonyl (C=O) groups excluding carboxylic acids is 1. The van der Waals surface area contributed by atoms with Crippen molar-refractivity contribution in [3.63, 3.8) is 0 Å². The maximum Gasteiger partial charge on any atom is 0.230 e. The highest BCUT2D eigenvalue weighted by Crippen LogP contribution is 2.34. The molecular formula is C20H18N2O4S. The summed E-state index contributed by atoms with van der Waals surface area (Å²) >= 11 is 1.63. The lowest BCUT2D eigenvalue weighted by molar-refractivity contribution is -0.115. The lowest BCUT2D eigenvalue weighted by Crippen LogP contribution is -2.15. The molecule has 0 radical (unpaired) electrons. The molecule has 1 amide bonds. The number of anilines is 1. The quantitative estimate of drug-likeness (QED) is 0.672. The van der Waals surface area contributed by atoms with Gasteiger partial charge in [0.25, 0.3) is 0 Å². The van der Waals surface area contributed by atoms with Gasteiger partial charge in [-0.3, -0.25) is 4.79 Å². The van der Waals surface area contributed by atoms with E-state index in [4.69, 9.17) is 14.0 Å². The van der Waals surface area contributed by atoms with Crippen LogP contribution < -0.4 is 14.8 Å². The van der Waals surface area contributed by atoms with E-state index in [1.165, 1.54) is 0 Å². The number of hydrogen-bond donors (Lipinski definition) is 1. The number of amides is 1. The van der Waals surface area contributed by atoms with E-state index in [2.05, 4.69) is 10.5 Å². The zero-order valence-electron chi connectivity index (χ0n) is 14.7. The monoisotopic (exact) mass is 382 g/mol. The van der Waals surface area contributed by atoms with Gasteiger partial charge in [-0.25, -0.2) is 0 Å². The molecule has 0 unspecified atom stereocenters. The molecule has 0 saturated heterocycles. The normalized spacial score (nSPS) is 12.6. The number of nitrogens with zero attached hydrogens (tertiary/aromatic N) is 1. The third kappa shape index (κ3) is 4.09. The topological polar surface area (TPSA) is 73.6 Å². The minimum absolute atomic E-state index is 0.136. The fraction of sp³-hybridized carbons (Fsp3) is 0.200. The summed E-state index contributed by atoms with van der Waals surface area (Å²) in [5, 5.41) is 6.89. The Hall–Kier alpha value is -2.93. The number of thioether (sulfide) groups is 1. The molecule has 1 aliphatic rings. The Morgan fingerprint density at radius 3 is 2.81 bits per heavy atom. The number of rotatable bonds is 5. The molecule has 27 heavy (non-hydrogen) atoms. The number of hydrogen-bond acceptors (Lipinski definition) is 6. The van der Waals surface area contributed by atoms with Gasteiger partial charge in [0.05, 0.1) is 12.1 Å². The van der Waals surface area contributed by atoms with Crippen LogP contribution in [0.5, 0.6) is 11.5 Å². The molecule has 7 heteroatoms. The van der Waals surface area contributed by atoms with E-state index in [-0.39, 0.29) is 12.3 Å². The minimum Gasteiger partial charge on any atom is -0.486 e. The Morgan fingerprint density at radius 2 is 1.96 bits per heavy atom. The Balaban J connectivity index is 1.44. The summed E-state index contributed by atoms with van der Waals surface area (Å²) in [7, 11) is 0. The lowest BCUT2D eigenvalue weighted by atomic mass is 10.1. The predicted octanol–water partition coefficient (Wildman–Crippen LogP) is 4.02. The summed E-state index contributed by atoms with van der Waals surface area (Å²) in [5.74, 6) is 1.84. The first-order valence-electron chi connectivity index (χ1n) is 8.51. The molecule has 6 nitrogen and oxygen atoms in total. The highest BCUT2D eigenvalue weighted by molar-refractivity contribution is 7.98. The fourth-order valence-corrected chi connectivity index (χ4v) is 3.26. The van der Waals surface area contributed by atoms with Crippen LogP contribution in [-0.4, -0.2) is 30.5 Å². The van der Waals surface area contributed by atoms with Crippen LogP contribution in [0.15, 0.2) is 57.9 Å². The van der Waals surface area contributed by atoms with E-state index < -0.39 is 0 Å². The van der Waals surface area contributed by atoms with Crippen LogP contribution in [-0.2, 0) is 11.2 Å². The average molecular weight is 382 g/mol. The average Bonchev–Trinajstić information content (AvgIpc) is 3.16. The second-order valence-corrected chi connectivity index (χ2v) is 6.88. The molecule has 0 spiro atoms. The van der Waals surface area contributed by atoms with E-state index in [1.807, 2.05) is 48.7 Å². The molecule has 0 atom stereocenters. The summed E-state index contributed by atoms with van der Waals surface area (Å²) < 4.78 is 16.5. The van der Waals surface area contributed by atoms with Crippen LogP contribution in [0.3, 0.4) is 0 Å². The van der Waals surface area contributed by atoms with Crippen LogP contribution >= 0.6 is 11.8 Å². The van der Waals surface area contributed by atoms with Crippen LogP contribution in [0, 0.1) is 0 Å². The minimum atomic E-state index is -0.143. The molecule has 1 N–H and O–H groups in total. The zero-order valence-corrected chi connectivity index (χ0v) is 15.5. The van der Waals surface area contributed by atoms with Gasteiger partial charge in [-0.2, -0.15) is 0 Å². The molecule has 4 rings (SSSR count). The maximum absolute atomic E-state index is 12.3. The lowest BCUT2D eigenvalue weighted by Gasteiger charge is -2.18. The molecule has 0 bridgehead atoms. The van der Waals surface area contributed by atoms with Crippen molar-refractivity contribution in [2.24, 2.45) is 0 Å². The molecule has 0 aliphatic carbocycles. The third-order valence-corrected chi connectivity index (χ3v) is 4.81. The van der Waals surface area contributed by atoms with Gasteiger partial charge in [-0.1, -0.05) is 11.2 Å². The van der Waals surface area contributed by atoms with Gasteiger partial charge >= 0.3 is 0 Å². The zero-order chi connectivity index (χ0) is 18.6. The first kappa shape index (κ1) is 17.5. The summed E-state index contributed by atoms with van der Waals surface area (Å²) in [5.41, 5.74) is 2.16. The van der Waals surface area contributed by atoms with E-state index in [0.717, 1.165) is 21.9 Å². The Kier molecular flexibility index (Phi) is 5.02. The molecule has 3 aromatic rings. The van der Waals surface area contributed by atoms with E-state index >= 15 is 0 Å². The van der Waals surface area contributed by atoms with Crippen LogP contribution in [0.1, 0.15) is 5.69 Å².